The number of rotatable bonds is 9. The summed E-state index contributed by atoms with van der Waals surface area (Å²) in [6.45, 7) is 7.61. The summed E-state index contributed by atoms with van der Waals surface area (Å²) in [6.07, 6.45) is 0. The van der Waals surface area contributed by atoms with Gasteiger partial charge in [-0.2, -0.15) is 0 Å². The first kappa shape index (κ1) is 31.1. The summed E-state index contributed by atoms with van der Waals surface area (Å²) in [5.41, 5.74) is 2.16. The molecule has 0 radical (unpaired) electrons. The molecule has 2 amide bonds. The van der Waals surface area contributed by atoms with Gasteiger partial charge in [0.1, 0.15) is 5.84 Å². The van der Waals surface area contributed by atoms with Gasteiger partial charge in [-0.3, -0.25) is 10.3 Å². The number of piperazine rings is 1. The third-order valence-corrected chi connectivity index (χ3v) is 9.24. The monoisotopic (exact) mass is 613 g/mol. The number of urea groups is 1. The lowest BCUT2D eigenvalue weighted by molar-refractivity contribution is 0.148. The van der Waals surface area contributed by atoms with Crippen molar-refractivity contribution in [1.29, 1.82) is 5.41 Å². The van der Waals surface area contributed by atoms with Crippen LogP contribution in [0.2, 0.25) is 0 Å². The van der Waals surface area contributed by atoms with Crippen LogP contribution in [-0.4, -0.2) is 70.7 Å². The van der Waals surface area contributed by atoms with Crippen molar-refractivity contribution in [1.82, 2.24) is 14.5 Å². The molecule has 0 spiro atoms. The van der Waals surface area contributed by atoms with Crippen LogP contribution in [0.1, 0.15) is 25.0 Å². The summed E-state index contributed by atoms with van der Waals surface area (Å²) in [5.74, 6) is 0.411. The van der Waals surface area contributed by atoms with Crippen molar-refractivity contribution in [3.05, 3.63) is 83.9 Å². The number of primary sulfonamides is 1. The minimum absolute atomic E-state index is 0.00458. The number of carbonyl (C=O) groups excluding carboxylic acids is 1. The highest BCUT2D eigenvalue weighted by Gasteiger charge is 2.21. The second-order valence-corrected chi connectivity index (χ2v) is 13.5. The van der Waals surface area contributed by atoms with Gasteiger partial charge >= 0.3 is 6.03 Å². The van der Waals surface area contributed by atoms with Gasteiger partial charge in [0, 0.05) is 55.7 Å². The fourth-order valence-corrected chi connectivity index (χ4v) is 5.99. The van der Waals surface area contributed by atoms with Crippen molar-refractivity contribution in [2.24, 2.45) is 5.14 Å². The lowest BCUT2D eigenvalue weighted by Crippen LogP contribution is -2.50. The summed E-state index contributed by atoms with van der Waals surface area (Å²) < 4.78 is 50.6. The van der Waals surface area contributed by atoms with Crippen LogP contribution in [0.25, 0.3) is 0 Å². The molecule has 1 saturated heterocycles. The van der Waals surface area contributed by atoms with Crippen molar-refractivity contribution >= 4 is 43.3 Å². The number of anilines is 2. The van der Waals surface area contributed by atoms with Gasteiger partial charge in [0.15, 0.2) is 0 Å². The van der Waals surface area contributed by atoms with Crippen molar-refractivity contribution in [3.8, 4) is 0 Å². The average Bonchev–Trinajstić information content (AvgIpc) is 2.96. The number of amidine groups is 1. The van der Waals surface area contributed by atoms with E-state index in [0.717, 1.165) is 26.2 Å². The Bertz CT molecular complexity index is 1630. The zero-order valence-electron chi connectivity index (χ0n) is 23.4. The molecule has 0 unspecified atom stereocenters. The third-order valence-electron chi connectivity index (χ3n) is 6.90. The molecule has 1 aliphatic heterocycles. The first-order chi connectivity index (χ1) is 19.8. The van der Waals surface area contributed by atoms with E-state index in [-0.39, 0.29) is 16.3 Å². The number of amides is 2. The normalized spacial score (nSPS) is 14.5. The standard InChI is InChI=1S/C28H35N7O5S2/c1-20(2)34-14-16-35(17-15-34)27(29)22-4-3-5-24(18-22)33-28(36)32-23-8-12-26(13-9-23)42(39,40)31-19-21-6-10-25(11-7-21)41(30,37)38/h3-13,18,20,29,31H,14-17,19H2,1-2H3,(H2,30,37,38)(H2,32,33,36). The molecule has 0 saturated carbocycles. The molecule has 1 fully saturated rings. The van der Waals surface area contributed by atoms with Crippen LogP contribution in [0, 0.1) is 5.41 Å². The molecule has 4 rings (SSSR count). The van der Waals surface area contributed by atoms with Gasteiger partial charge in [-0.15, -0.1) is 0 Å². The Labute approximate surface area is 246 Å². The predicted octanol–water partition coefficient (Wildman–Crippen LogP) is 2.81. The van der Waals surface area contributed by atoms with E-state index in [1.807, 2.05) is 11.0 Å². The lowest BCUT2D eigenvalue weighted by atomic mass is 10.1. The predicted molar refractivity (Wildman–Crippen MR) is 162 cm³/mol. The highest BCUT2D eigenvalue weighted by molar-refractivity contribution is 7.89. The Kier molecular flexibility index (Phi) is 9.64. The van der Waals surface area contributed by atoms with Crippen LogP contribution in [0.4, 0.5) is 16.2 Å². The van der Waals surface area contributed by atoms with Crippen molar-refractivity contribution < 1.29 is 21.6 Å². The second-order valence-electron chi connectivity index (χ2n) is 10.2. The quantitative estimate of drug-likeness (QED) is 0.182. The molecule has 0 aromatic heterocycles. The molecule has 12 nitrogen and oxygen atoms in total. The molecular formula is C28H35N7O5S2. The lowest BCUT2D eigenvalue weighted by Gasteiger charge is -2.38. The summed E-state index contributed by atoms with van der Waals surface area (Å²) in [7, 11) is -7.70. The number of benzene rings is 3. The zero-order chi connectivity index (χ0) is 30.5. The smallest absolute Gasteiger partial charge is 0.323 e. The van der Waals surface area contributed by atoms with Gasteiger partial charge in [-0.05, 0) is 67.9 Å². The van der Waals surface area contributed by atoms with Crippen LogP contribution in [0.3, 0.4) is 0 Å². The van der Waals surface area contributed by atoms with E-state index in [0.29, 0.717) is 34.4 Å². The summed E-state index contributed by atoms with van der Waals surface area (Å²) in [6, 6.07) is 18.3. The molecule has 1 heterocycles. The van der Waals surface area contributed by atoms with Gasteiger partial charge < -0.3 is 15.5 Å². The number of sulfonamides is 2. The van der Waals surface area contributed by atoms with Crippen molar-refractivity contribution in [2.75, 3.05) is 36.8 Å². The molecule has 6 N–H and O–H groups in total. The highest BCUT2D eigenvalue weighted by Crippen LogP contribution is 2.18. The number of hydrogen-bond donors (Lipinski definition) is 5. The van der Waals surface area contributed by atoms with E-state index in [4.69, 9.17) is 10.5 Å². The van der Waals surface area contributed by atoms with Gasteiger partial charge in [-0.1, -0.05) is 24.3 Å². The third kappa shape index (κ3) is 8.14. The van der Waals surface area contributed by atoms with Crippen LogP contribution in [0.5, 0.6) is 0 Å². The Morgan fingerprint density at radius 3 is 2.05 bits per heavy atom. The molecule has 224 valence electrons. The number of nitrogens with one attached hydrogen (secondary N) is 4. The van der Waals surface area contributed by atoms with Crippen molar-refractivity contribution in [2.45, 2.75) is 36.2 Å². The average molecular weight is 614 g/mol. The zero-order valence-corrected chi connectivity index (χ0v) is 25.0. The molecule has 3 aromatic rings. The molecule has 0 aliphatic carbocycles. The van der Waals surface area contributed by atoms with E-state index in [1.165, 1.54) is 48.5 Å². The first-order valence-electron chi connectivity index (χ1n) is 13.3. The van der Waals surface area contributed by atoms with E-state index in [9.17, 15) is 21.6 Å². The van der Waals surface area contributed by atoms with E-state index in [2.05, 4.69) is 34.1 Å². The van der Waals surface area contributed by atoms with Gasteiger partial charge in [0.05, 0.1) is 9.79 Å². The van der Waals surface area contributed by atoms with Gasteiger partial charge in [-0.25, -0.2) is 31.5 Å². The summed E-state index contributed by atoms with van der Waals surface area (Å²) >= 11 is 0. The van der Waals surface area contributed by atoms with E-state index >= 15 is 0 Å². The minimum atomic E-state index is -3.87. The Hall–Kier alpha value is -3.82. The molecule has 1 aliphatic rings. The van der Waals surface area contributed by atoms with Crippen LogP contribution in [0.15, 0.2) is 82.6 Å². The summed E-state index contributed by atoms with van der Waals surface area (Å²) in [4.78, 5) is 17.0. The first-order valence-corrected chi connectivity index (χ1v) is 16.3. The number of nitrogens with two attached hydrogens (primary N) is 1. The van der Waals surface area contributed by atoms with E-state index < -0.39 is 26.1 Å². The molecular weight excluding hydrogens is 578 g/mol. The topological polar surface area (TPSA) is 178 Å². The highest BCUT2D eigenvalue weighted by atomic mass is 32.2. The number of carbonyl (C=O) groups is 1. The number of hydrogen-bond acceptors (Lipinski definition) is 7. The SMILES string of the molecule is CC(C)N1CCN(C(=N)c2cccc(NC(=O)Nc3ccc(S(=O)(=O)NCc4ccc(S(N)(=O)=O)cc4)cc3)c2)CC1. The van der Waals surface area contributed by atoms with Crippen LogP contribution in [-0.2, 0) is 26.6 Å². The molecule has 42 heavy (non-hydrogen) atoms. The fraction of sp³-hybridized carbons (Fsp3) is 0.286. The maximum atomic E-state index is 12.7. The van der Waals surface area contributed by atoms with Crippen LogP contribution < -0.4 is 20.5 Å². The molecule has 0 atom stereocenters. The molecule has 3 aromatic carbocycles. The minimum Gasteiger partial charge on any atom is -0.354 e. The fourth-order valence-electron chi connectivity index (χ4n) is 4.46. The maximum Gasteiger partial charge on any atom is 0.323 e. The van der Waals surface area contributed by atoms with Crippen molar-refractivity contribution in [3.63, 3.8) is 0 Å². The number of nitrogens with zero attached hydrogens (tertiary/aromatic N) is 2. The Morgan fingerprint density at radius 2 is 1.45 bits per heavy atom. The largest absolute Gasteiger partial charge is 0.354 e. The van der Waals surface area contributed by atoms with E-state index in [1.54, 1.807) is 18.2 Å². The molecule has 0 bridgehead atoms. The summed E-state index contributed by atoms with van der Waals surface area (Å²) in [5, 5.41) is 19.1. The second kappa shape index (κ2) is 13.0. The van der Waals surface area contributed by atoms with Gasteiger partial charge in [0.2, 0.25) is 20.0 Å². The maximum absolute atomic E-state index is 12.7. The molecule has 14 heteroatoms. The Balaban J connectivity index is 1.31. The van der Waals surface area contributed by atoms with Gasteiger partial charge in [0.25, 0.3) is 0 Å². The van der Waals surface area contributed by atoms with Crippen LogP contribution >= 0.6 is 0 Å². The Morgan fingerprint density at radius 1 is 0.857 bits per heavy atom.